The number of aryl methyl sites for hydroxylation is 2. The Morgan fingerprint density at radius 2 is 1.33 bits per heavy atom. The second-order valence-electron chi connectivity index (χ2n) is 13.2. The number of benzene rings is 1. The van der Waals surface area contributed by atoms with Crippen LogP contribution in [0.5, 0.6) is 0 Å². The van der Waals surface area contributed by atoms with Crippen molar-refractivity contribution in [2.75, 3.05) is 13.2 Å². The fourth-order valence-electron chi connectivity index (χ4n) is 8.72. The van der Waals surface area contributed by atoms with Gasteiger partial charge in [-0.3, -0.25) is 33.8 Å². The zero-order valence-electron chi connectivity index (χ0n) is 24.4. The van der Waals surface area contributed by atoms with Gasteiger partial charge in [0.1, 0.15) is 6.04 Å². The van der Waals surface area contributed by atoms with Crippen LogP contribution in [-0.4, -0.2) is 64.4 Å². The highest BCUT2D eigenvalue weighted by atomic mass is 16.5. The van der Waals surface area contributed by atoms with Gasteiger partial charge in [-0.05, 0) is 81.3 Å². The Morgan fingerprint density at radius 1 is 0.791 bits per heavy atom. The van der Waals surface area contributed by atoms with Gasteiger partial charge in [-0.1, -0.05) is 42.0 Å². The summed E-state index contributed by atoms with van der Waals surface area (Å²) >= 11 is 0. The number of amides is 4. The number of hydrogen-bond acceptors (Lipinski definition) is 7. The number of esters is 1. The Kier molecular flexibility index (Phi) is 6.74. The van der Waals surface area contributed by atoms with Crippen LogP contribution >= 0.6 is 0 Å². The lowest BCUT2D eigenvalue weighted by molar-refractivity contribution is -0.159. The lowest BCUT2D eigenvalue weighted by Crippen LogP contribution is -2.47. The van der Waals surface area contributed by atoms with Crippen molar-refractivity contribution < 1.29 is 33.5 Å². The van der Waals surface area contributed by atoms with Crippen LogP contribution in [-0.2, 0) is 28.7 Å². The first-order valence-corrected chi connectivity index (χ1v) is 15.5. The third-order valence-electron chi connectivity index (χ3n) is 10.8. The predicted molar refractivity (Wildman–Crippen MR) is 153 cm³/mol. The van der Waals surface area contributed by atoms with Crippen LogP contribution in [0.25, 0.3) is 0 Å². The highest BCUT2D eigenvalue weighted by Gasteiger charge is 2.61. The molecule has 0 unspecified atom stereocenters. The molecule has 2 heterocycles. The highest BCUT2D eigenvalue weighted by molar-refractivity contribution is 6.09. The number of fused-ring (bicyclic) bond motifs is 10. The molecule has 7 rings (SSSR count). The highest BCUT2D eigenvalue weighted by Crippen LogP contribution is 2.54. The number of allylic oxidation sites excluding steroid dienone is 4. The SMILES string of the molecule is Cc1ccc(C)c(C(=O)COC(=O)[C@@H](CCCCN2C(=O)[C@@H]3[C@@H](C2=O)[C@H]2C=C[C@H]3C2)N2C(=O)[C@@H]3[C@H](C2=O)[C@H]2C=C[C@H]3C2)c1. The van der Waals surface area contributed by atoms with E-state index in [-0.39, 0.29) is 77.9 Å². The van der Waals surface area contributed by atoms with Crippen molar-refractivity contribution >= 4 is 35.4 Å². The van der Waals surface area contributed by atoms with Crippen molar-refractivity contribution in [3.8, 4) is 0 Å². The number of imide groups is 2. The molecule has 1 aromatic rings. The summed E-state index contributed by atoms with van der Waals surface area (Å²) in [6, 6.07) is 4.31. The zero-order chi connectivity index (χ0) is 30.2. The van der Waals surface area contributed by atoms with Gasteiger partial charge in [0.2, 0.25) is 29.4 Å². The number of likely N-dealkylation sites (tertiary alicyclic amines) is 2. The molecule has 9 heteroatoms. The minimum Gasteiger partial charge on any atom is -0.456 e. The number of unbranched alkanes of at least 4 members (excludes halogenated alkanes) is 1. The molecular formula is C34H36N2O7. The summed E-state index contributed by atoms with van der Waals surface area (Å²) in [7, 11) is 0. The Labute approximate surface area is 250 Å². The summed E-state index contributed by atoms with van der Waals surface area (Å²) in [6.07, 6.45) is 10.7. The fourth-order valence-corrected chi connectivity index (χ4v) is 8.72. The topological polar surface area (TPSA) is 118 Å². The molecule has 2 saturated carbocycles. The standard InChI is InChI=1S/C34H36N2O7/c1-17-6-7-18(2)23(13-17)25(37)16-43-34(42)24(36-32(40)28-21-10-11-22(15-21)29(28)33(36)41)5-3-4-12-35-30(38)26-19-8-9-20(14-19)27(26)31(35)39/h6-11,13,19-22,24,26-29H,3-5,12,14-16H2,1-2H3/t19-,20-,21-,22-,24+,26-,27-,28-,29+/m0/s1. The summed E-state index contributed by atoms with van der Waals surface area (Å²) in [6.45, 7) is 3.42. The molecule has 4 aliphatic carbocycles. The summed E-state index contributed by atoms with van der Waals surface area (Å²) < 4.78 is 5.49. The molecule has 4 fully saturated rings. The maximum atomic E-state index is 13.6. The Morgan fingerprint density at radius 3 is 1.88 bits per heavy atom. The number of hydrogen-bond donors (Lipinski definition) is 0. The smallest absolute Gasteiger partial charge is 0.329 e. The van der Waals surface area contributed by atoms with Gasteiger partial charge in [-0.15, -0.1) is 0 Å². The molecule has 4 bridgehead atoms. The van der Waals surface area contributed by atoms with Crippen LogP contribution in [0.4, 0.5) is 0 Å². The first-order chi connectivity index (χ1) is 20.7. The van der Waals surface area contributed by atoms with Crippen LogP contribution in [0, 0.1) is 61.2 Å². The van der Waals surface area contributed by atoms with E-state index in [0.717, 1.165) is 28.9 Å². The second-order valence-corrected chi connectivity index (χ2v) is 13.2. The maximum absolute atomic E-state index is 13.6. The van der Waals surface area contributed by atoms with Gasteiger partial charge in [0.05, 0.1) is 23.7 Å². The normalized spacial score (nSPS) is 33.6. The predicted octanol–water partition coefficient (Wildman–Crippen LogP) is 3.18. The molecular weight excluding hydrogens is 548 g/mol. The molecule has 6 aliphatic rings. The molecule has 2 saturated heterocycles. The molecule has 0 spiro atoms. The quantitative estimate of drug-likeness (QED) is 0.136. The number of carbonyl (C=O) groups excluding carboxylic acids is 6. The van der Waals surface area contributed by atoms with E-state index < -0.39 is 30.5 Å². The number of rotatable bonds is 10. The van der Waals surface area contributed by atoms with Gasteiger partial charge in [-0.2, -0.15) is 0 Å². The lowest BCUT2D eigenvalue weighted by atomic mass is 9.85. The van der Waals surface area contributed by atoms with E-state index >= 15 is 0 Å². The van der Waals surface area contributed by atoms with E-state index in [1.807, 2.05) is 38.1 Å². The molecule has 1 aromatic carbocycles. The third kappa shape index (κ3) is 4.33. The van der Waals surface area contributed by atoms with Gasteiger partial charge in [0, 0.05) is 12.1 Å². The fraction of sp³-hybridized carbons (Fsp3) is 0.529. The van der Waals surface area contributed by atoms with Crippen molar-refractivity contribution in [2.45, 2.75) is 52.0 Å². The molecule has 9 nitrogen and oxygen atoms in total. The van der Waals surface area contributed by atoms with E-state index in [4.69, 9.17) is 4.74 Å². The number of ketones is 1. The molecule has 224 valence electrons. The maximum Gasteiger partial charge on any atom is 0.329 e. The van der Waals surface area contributed by atoms with E-state index in [2.05, 4.69) is 12.2 Å². The second kappa shape index (κ2) is 10.4. The van der Waals surface area contributed by atoms with Crippen molar-refractivity contribution in [1.29, 1.82) is 0 Å². The first kappa shape index (κ1) is 27.9. The van der Waals surface area contributed by atoms with E-state index in [1.54, 1.807) is 6.07 Å². The average Bonchev–Trinajstić information content (AvgIpc) is 3.84. The lowest BCUT2D eigenvalue weighted by Gasteiger charge is -2.26. The van der Waals surface area contributed by atoms with Gasteiger partial charge in [0.15, 0.2) is 6.61 Å². The molecule has 2 aliphatic heterocycles. The third-order valence-corrected chi connectivity index (χ3v) is 10.8. The summed E-state index contributed by atoms with van der Waals surface area (Å²) in [5, 5.41) is 0. The van der Waals surface area contributed by atoms with Crippen LogP contribution in [0.1, 0.15) is 53.6 Å². The average molecular weight is 585 g/mol. The van der Waals surface area contributed by atoms with E-state index in [9.17, 15) is 28.8 Å². The van der Waals surface area contributed by atoms with Crippen molar-refractivity contribution in [2.24, 2.45) is 47.3 Å². The van der Waals surface area contributed by atoms with Crippen LogP contribution < -0.4 is 0 Å². The van der Waals surface area contributed by atoms with Gasteiger partial charge in [0.25, 0.3) is 0 Å². The number of ether oxygens (including phenoxy) is 1. The molecule has 0 radical (unpaired) electrons. The van der Waals surface area contributed by atoms with Gasteiger partial charge in [-0.25, -0.2) is 4.79 Å². The Hall–Kier alpha value is -3.88. The molecule has 0 N–H and O–H groups in total. The number of carbonyl (C=O) groups is 6. The summed E-state index contributed by atoms with van der Waals surface area (Å²) in [5.74, 6) is -3.26. The van der Waals surface area contributed by atoms with Gasteiger partial charge < -0.3 is 4.74 Å². The van der Waals surface area contributed by atoms with E-state index in [0.29, 0.717) is 18.4 Å². The molecule has 0 aromatic heterocycles. The van der Waals surface area contributed by atoms with Crippen molar-refractivity contribution in [3.63, 3.8) is 0 Å². The van der Waals surface area contributed by atoms with Crippen LogP contribution in [0.3, 0.4) is 0 Å². The minimum absolute atomic E-state index is 0.00424. The number of Topliss-reactive ketones (excluding diaryl/α,β-unsaturated/α-hetero) is 1. The Bertz CT molecular complexity index is 1450. The van der Waals surface area contributed by atoms with Crippen molar-refractivity contribution in [3.05, 3.63) is 59.2 Å². The van der Waals surface area contributed by atoms with Crippen LogP contribution in [0.15, 0.2) is 42.5 Å². The molecule has 4 amide bonds. The Balaban J connectivity index is 1.03. The summed E-state index contributed by atoms with van der Waals surface area (Å²) in [4.78, 5) is 82.2. The molecule has 9 atom stereocenters. The minimum atomic E-state index is -1.17. The molecule has 43 heavy (non-hydrogen) atoms. The van der Waals surface area contributed by atoms with Gasteiger partial charge >= 0.3 is 5.97 Å². The van der Waals surface area contributed by atoms with E-state index in [1.165, 1.54) is 4.90 Å². The summed E-state index contributed by atoms with van der Waals surface area (Å²) in [5.41, 5.74) is 2.13. The number of nitrogens with zero attached hydrogens (tertiary/aromatic N) is 2. The van der Waals surface area contributed by atoms with Crippen molar-refractivity contribution in [1.82, 2.24) is 9.80 Å². The largest absolute Gasteiger partial charge is 0.456 e. The van der Waals surface area contributed by atoms with Crippen LogP contribution in [0.2, 0.25) is 0 Å². The zero-order valence-corrected chi connectivity index (χ0v) is 24.4. The first-order valence-electron chi connectivity index (χ1n) is 15.5. The monoisotopic (exact) mass is 584 g/mol.